The van der Waals surface area contributed by atoms with Crippen molar-refractivity contribution in [1.29, 1.82) is 0 Å². The van der Waals surface area contributed by atoms with Gasteiger partial charge in [-0.15, -0.1) is 0 Å². The van der Waals surface area contributed by atoms with Gasteiger partial charge in [0.1, 0.15) is 0 Å². The minimum Gasteiger partial charge on any atom is -0.374 e. The maximum absolute atomic E-state index is 5.73. The maximum atomic E-state index is 5.73. The Hall–Kier alpha value is -0.910. The Kier molecular flexibility index (Phi) is 3.63. The molecule has 2 fully saturated rings. The molecule has 1 atom stereocenters. The third-order valence-corrected chi connectivity index (χ3v) is 3.64. The molecule has 1 saturated carbocycles. The first-order valence-corrected chi connectivity index (χ1v) is 6.84. The lowest BCUT2D eigenvalue weighted by molar-refractivity contribution is 0.00853. The highest BCUT2D eigenvalue weighted by Crippen LogP contribution is 2.35. The highest BCUT2D eigenvalue weighted by molar-refractivity contribution is 5.03. The monoisotopic (exact) mass is 250 g/mol. The van der Waals surface area contributed by atoms with E-state index in [2.05, 4.69) is 26.8 Å². The fourth-order valence-electron chi connectivity index (χ4n) is 2.56. The average Bonchev–Trinajstić information content (AvgIpc) is 3.12. The molecule has 2 heterocycles. The number of hydrogen-bond acceptors (Lipinski definition) is 4. The standard InChI is InChI=1S/C13H22N4O/c1-16(9-13-7-14-4-5-18-13)8-12-6-15-10-17(12)11-2-3-11/h6,10-11,13-14H,2-5,7-9H2,1H3. The van der Waals surface area contributed by atoms with Crippen LogP contribution in [0.4, 0.5) is 0 Å². The molecule has 1 unspecified atom stereocenters. The number of ether oxygens (including phenoxy) is 1. The van der Waals surface area contributed by atoms with Crippen LogP contribution in [0.25, 0.3) is 0 Å². The van der Waals surface area contributed by atoms with Crippen LogP contribution in [0.1, 0.15) is 24.6 Å². The van der Waals surface area contributed by atoms with Crippen LogP contribution in [0.15, 0.2) is 12.5 Å². The van der Waals surface area contributed by atoms with Crippen LogP contribution in [0.3, 0.4) is 0 Å². The van der Waals surface area contributed by atoms with Crippen LogP contribution >= 0.6 is 0 Å². The highest BCUT2D eigenvalue weighted by atomic mass is 16.5. The van der Waals surface area contributed by atoms with Gasteiger partial charge in [0.15, 0.2) is 0 Å². The summed E-state index contributed by atoms with van der Waals surface area (Å²) in [5.74, 6) is 0. The van der Waals surface area contributed by atoms with E-state index in [1.807, 2.05) is 12.5 Å². The van der Waals surface area contributed by atoms with Crippen LogP contribution in [0.2, 0.25) is 0 Å². The fraction of sp³-hybridized carbons (Fsp3) is 0.769. The van der Waals surface area contributed by atoms with Crippen molar-refractivity contribution < 1.29 is 4.74 Å². The molecule has 0 radical (unpaired) electrons. The summed E-state index contributed by atoms with van der Waals surface area (Å²) in [4.78, 5) is 6.60. The molecule has 100 valence electrons. The van der Waals surface area contributed by atoms with Gasteiger partial charge in [-0.3, -0.25) is 4.90 Å². The molecule has 5 heteroatoms. The molecular weight excluding hydrogens is 228 g/mol. The highest BCUT2D eigenvalue weighted by Gasteiger charge is 2.25. The summed E-state index contributed by atoms with van der Waals surface area (Å²) in [6.07, 6.45) is 6.90. The summed E-state index contributed by atoms with van der Waals surface area (Å²) in [7, 11) is 2.15. The topological polar surface area (TPSA) is 42.3 Å². The number of rotatable bonds is 5. The largest absolute Gasteiger partial charge is 0.374 e. The normalized spacial score (nSPS) is 24.7. The third-order valence-electron chi connectivity index (χ3n) is 3.64. The van der Waals surface area contributed by atoms with Gasteiger partial charge in [0, 0.05) is 38.4 Å². The van der Waals surface area contributed by atoms with Crippen molar-refractivity contribution in [3.05, 3.63) is 18.2 Å². The van der Waals surface area contributed by atoms with Gasteiger partial charge in [-0.25, -0.2) is 4.98 Å². The Bertz CT molecular complexity index is 382. The molecule has 0 amide bonds. The molecule has 1 saturated heterocycles. The summed E-state index contributed by atoms with van der Waals surface area (Å²) >= 11 is 0. The second kappa shape index (κ2) is 5.38. The van der Waals surface area contributed by atoms with Crippen molar-refractivity contribution in [1.82, 2.24) is 19.8 Å². The lowest BCUT2D eigenvalue weighted by Crippen LogP contribution is -2.44. The van der Waals surface area contributed by atoms with E-state index in [0.29, 0.717) is 12.1 Å². The summed E-state index contributed by atoms with van der Waals surface area (Å²) in [6, 6.07) is 0.712. The van der Waals surface area contributed by atoms with Crippen molar-refractivity contribution in [3.8, 4) is 0 Å². The van der Waals surface area contributed by atoms with Gasteiger partial charge in [0.25, 0.3) is 0 Å². The van der Waals surface area contributed by atoms with E-state index in [-0.39, 0.29) is 0 Å². The van der Waals surface area contributed by atoms with Crippen LogP contribution in [-0.2, 0) is 11.3 Å². The van der Waals surface area contributed by atoms with Gasteiger partial charge < -0.3 is 14.6 Å². The lowest BCUT2D eigenvalue weighted by Gasteiger charge is -2.28. The maximum Gasteiger partial charge on any atom is 0.0951 e. The van der Waals surface area contributed by atoms with Crippen LogP contribution < -0.4 is 5.32 Å². The van der Waals surface area contributed by atoms with E-state index in [9.17, 15) is 0 Å². The lowest BCUT2D eigenvalue weighted by atomic mass is 10.3. The quantitative estimate of drug-likeness (QED) is 0.833. The Morgan fingerprint density at radius 1 is 1.56 bits per heavy atom. The number of nitrogens with one attached hydrogen (secondary N) is 1. The van der Waals surface area contributed by atoms with Crippen LogP contribution in [-0.4, -0.2) is 53.8 Å². The van der Waals surface area contributed by atoms with E-state index in [1.165, 1.54) is 18.5 Å². The zero-order valence-corrected chi connectivity index (χ0v) is 11.0. The van der Waals surface area contributed by atoms with E-state index in [0.717, 1.165) is 32.8 Å². The van der Waals surface area contributed by atoms with Crippen molar-refractivity contribution in [3.63, 3.8) is 0 Å². The van der Waals surface area contributed by atoms with Gasteiger partial charge in [-0.1, -0.05) is 0 Å². The number of hydrogen-bond donors (Lipinski definition) is 1. The van der Waals surface area contributed by atoms with Crippen molar-refractivity contribution in [2.45, 2.75) is 31.5 Å². The van der Waals surface area contributed by atoms with E-state index < -0.39 is 0 Å². The number of aromatic nitrogens is 2. The summed E-state index contributed by atoms with van der Waals surface area (Å²) in [5.41, 5.74) is 1.32. The Labute approximate surface area is 108 Å². The van der Waals surface area contributed by atoms with E-state index >= 15 is 0 Å². The van der Waals surface area contributed by atoms with Crippen LogP contribution in [0.5, 0.6) is 0 Å². The molecule has 1 aliphatic carbocycles. The molecule has 0 aromatic carbocycles. The molecule has 1 aliphatic heterocycles. The minimum atomic E-state index is 0.320. The zero-order chi connectivity index (χ0) is 12.4. The fourth-order valence-corrected chi connectivity index (χ4v) is 2.56. The number of imidazole rings is 1. The van der Waals surface area contributed by atoms with Crippen LogP contribution in [0, 0.1) is 0 Å². The molecule has 1 N–H and O–H groups in total. The first kappa shape index (κ1) is 12.1. The first-order valence-electron chi connectivity index (χ1n) is 6.84. The number of nitrogens with zero attached hydrogens (tertiary/aromatic N) is 3. The molecule has 1 aromatic rings. The third kappa shape index (κ3) is 2.91. The smallest absolute Gasteiger partial charge is 0.0951 e. The van der Waals surface area contributed by atoms with E-state index in [4.69, 9.17) is 4.74 Å². The Morgan fingerprint density at radius 2 is 2.44 bits per heavy atom. The summed E-state index contributed by atoms with van der Waals surface area (Å²) in [5, 5.41) is 3.37. The molecule has 1 aromatic heterocycles. The average molecular weight is 250 g/mol. The molecule has 18 heavy (non-hydrogen) atoms. The number of likely N-dealkylation sites (N-methyl/N-ethyl adjacent to an activating group) is 1. The molecule has 0 spiro atoms. The van der Waals surface area contributed by atoms with Gasteiger partial charge in [-0.05, 0) is 19.9 Å². The zero-order valence-electron chi connectivity index (χ0n) is 11.0. The summed E-state index contributed by atoms with van der Waals surface area (Å²) < 4.78 is 8.06. The predicted octanol–water partition coefficient (Wildman–Crippen LogP) is 0.638. The van der Waals surface area contributed by atoms with Crippen molar-refractivity contribution >= 4 is 0 Å². The second-order valence-electron chi connectivity index (χ2n) is 5.42. The molecule has 3 rings (SSSR count). The molecular formula is C13H22N4O. The Balaban J connectivity index is 1.53. The predicted molar refractivity (Wildman–Crippen MR) is 69.4 cm³/mol. The first-order chi connectivity index (χ1) is 8.83. The SMILES string of the molecule is CN(Cc1cncn1C1CC1)CC1CNCCO1. The molecule has 2 aliphatic rings. The van der Waals surface area contributed by atoms with Crippen molar-refractivity contribution in [2.75, 3.05) is 33.3 Å². The molecule has 5 nitrogen and oxygen atoms in total. The Morgan fingerprint density at radius 3 is 3.17 bits per heavy atom. The minimum absolute atomic E-state index is 0.320. The number of morpholine rings is 1. The van der Waals surface area contributed by atoms with Gasteiger partial charge >= 0.3 is 0 Å². The second-order valence-corrected chi connectivity index (χ2v) is 5.42. The van der Waals surface area contributed by atoms with Gasteiger partial charge in [0.05, 0.1) is 24.7 Å². The van der Waals surface area contributed by atoms with Gasteiger partial charge in [0.2, 0.25) is 0 Å². The molecule has 0 bridgehead atoms. The summed E-state index contributed by atoms with van der Waals surface area (Å²) in [6.45, 7) is 4.71. The van der Waals surface area contributed by atoms with Crippen molar-refractivity contribution in [2.24, 2.45) is 0 Å². The van der Waals surface area contributed by atoms with Gasteiger partial charge in [-0.2, -0.15) is 0 Å². The van der Waals surface area contributed by atoms with E-state index in [1.54, 1.807) is 0 Å².